The lowest BCUT2D eigenvalue weighted by atomic mass is 9.90. The van der Waals surface area contributed by atoms with E-state index in [4.69, 9.17) is 14.5 Å². The highest BCUT2D eigenvalue weighted by Gasteiger charge is 2.43. The van der Waals surface area contributed by atoms with Crippen LogP contribution in [0.3, 0.4) is 0 Å². The Labute approximate surface area is 118 Å². The molecule has 3 rings (SSSR count). The second-order valence-electron chi connectivity index (χ2n) is 5.35. The molecule has 0 radical (unpaired) electrons. The summed E-state index contributed by atoms with van der Waals surface area (Å²) in [6, 6.07) is 0. The lowest BCUT2D eigenvalue weighted by Gasteiger charge is -2.15. The number of hydrogen-bond acceptors (Lipinski definition) is 5. The maximum Gasteiger partial charge on any atom is 0.0990 e. The zero-order valence-corrected chi connectivity index (χ0v) is 12.5. The van der Waals surface area contributed by atoms with Crippen molar-refractivity contribution in [2.45, 2.75) is 57.5 Å². The molecule has 4 nitrogen and oxygen atoms in total. The maximum atomic E-state index is 5.95. The van der Waals surface area contributed by atoms with Gasteiger partial charge in [0.2, 0.25) is 0 Å². The van der Waals surface area contributed by atoms with E-state index in [1.165, 1.54) is 22.7 Å². The fourth-order valence-corrected chi connectivity index (χ4v) is 4.29. The van der Waals surface area contributed by atoms with Gasteiger partial charge in [0.1, 0.15) is 0 Å². The van der Waals surface area contributed by atoms with E-state index in [1.807, 2.05) is 11.3 Å². The second-order valence-corrected chi connectivity index (χ2v) is 6.47. The molecule has 5 heteroatoms. The molecule has 0 aromatic carbocycles. The summed E-state index contributed by atoms with van der Waals surface area (Å²) in [6.45, 7) is 4.62. The minimum absolute atomic E-state index is 0.415. The SMILES string of the molecule is CCNCc1sc(C2CC3CCC2O3)nc1COC. The first-order valence-electron chi connectivity index (χ1n) is 7.15. The first-order valence-corrected chi connectivity index (χ1v) is 7.97. The molecular formula is C14H22N2O2S. The van der Waals surface area contributed by atoms with Crippen molar-refractivity contribution < 1.29 is 9.47 Å². The summed E-state index contributed by atoms with van der Waals surface area (Å²) in [6.07, 6.45) is 4.50. The molecule has 0 amide bonds. The third-order valence-corrected chi connectivity index (χ3v) is 5.26. The van der Waals surface area contributed by atoms with Crippen molar-refractivity contribution in [3.05, 3.63) is 15.6 Å². The number of hydrogen-bond donors (Lipinski definition) is 1. The van der Waals surface area contributed by atoms with Crippen LogP contribution in [-0.4, -0.2) is 30.8 Å². The normalized spacial score (nSPS) is 29.3. The summed E-state index contributed by atoms with van der Waals surface area (Å²) in [4.78, 5) is 6.15. The molecule has 0 aliphatic carbocycles. The Kier molecular flexibility index (Phi) is 4.17. The lowest BCUT2D eigenvalue weighted by Crippen LogP contribution is -2.14. The van der Waals surface area contributed by atoms with Crippen LogP contribution in [0.4, 0.5) is 0 Å². The average Bonchev–Trinajstić information content (AvgIpc) is 3.11. The van der Waals surface area contributed by atoms with Gasteiger partial charge in [-0.1, -0.05) is 6.92 Å². The highest BCUT2D eigenvalue weighted by Crippen LogP contribution is 2.45. The molecule has 1 aromatic heterocycles. The largest absolute Gasteiger partial charge is 0.378 e. The summed E-state index contributed by atoms with van der Waals surface area (Å²) in [5, 5.41) is 4.64. The fraction of sp³-hybridized carbons (Fsp3) is 0.786. The molecule has 1 aromatic rings. The Bertz CT molecular complexity index is 435. The highest BCUT2D eigenvalue weighted by molar-refractivity contribution is 7.11. The summed E-state index contributed by atoms with van der Waals surface area (Å²) in [5.74, 6) is 0.523. The van der Waals surface area contributed by atoms with Crippen LogP contribution in [-0.2, 0) is 22.6 Å². The molecule has 3 atom stereocenters. The summed E-state index contributed by atoms with van der Waals surface area (Å²) in [7, 11) is 1.73. The van der Waals surface area contributed by atoms with Crippen molar-refractivity contribution in [2.75, 3.05) is 13.7 Å². The van der Waals surface area contributed by atoms with Gasteiger partial charge >= 0.3 is 0 Å². The van der Waals surface area contributed by atoms with Crippen molar-refractivity contribution in [1.82, 2.24) is 10.3 Å². The number of thiazole rings is 1. The molecule has 2 fully saturated rings. The van der Waals surface area contributed by atoms with Gasteiger partial charge in [0.25, 0.3) is 0 Å². The van der Waals surface area contributed by atoms with Gasteiger partial charge in [0.15, 0.2) is 0 Å². The lowest BCUT2D eigenvalue weighted by molar-refractivity contribution is 0.100. The van der Waals surface area contributed by atoms with Gasteiger partial charge in [-0.2, -0.15) is 0 Å². The Balaban J connectivity index is 1.77. The monoisotopic (exact) mass is 282 g/mol. The number of fused-ring (bicyclic) bond motifs is 2. The number of methoxy groups -OCH3 is 1. The van der Waals surface area contributed by atoms with Gasteiger partial charge in [-0.15, -0.1) is 11.3 Å². The Hall–Kier alpha value is -0.490. The van der Waals surface area contributed by atoms with E-state index in [0.717, 1.165) is 25.2 Å². The summed E-state index contributed by atoms with van der Waals surface area (Å²) >= 11 is 1.84. The van der Waals surface area contributed by atoms with E-state index in [-0.39, 0.29) is 0 Å². The molecule has 0 saturated carbocycles. The van der Waals surface area contributed by atoms with E-state index >= 15 is 0 Å². The van der Waals surface area contributed by atoms with Crippen LogP contribution in [0.15, 0.2) is 0 Å². The topological polar surface area (TPSA) is 43.4 Å². The molecule has 19 heavy (non-hydrogen) atoms. The van der Waals surface area contributed by atoms with Crippen LogP contribution in [0.2, 0.25) is 0 Å². The van der Waals surface area contributed by atoms with Crippen LogP contribution >= 0.6 is 11.3 Å². The van der Waals surface area contributed by atoms with Crippen LogP contribution in [0.1, 0.15) is 47.7 Å². The Morgan fingerprint density at radius 3 is 3.00 bits per heavy atom. The smallest absolute Gasteiger partial charge is 0.0990 e. The minimum atomic E-state index is 0.415. The van der Waals surface area contributed by atoms with Gasteiger partial charge in [-0.05, 0) is 25.8 Å². The predicted molar refractivity (Wildman–Crippen MR) is 75.5 cm³/mol. The molecule has 2 aliphatic rings. The standard InChI is InChI=1S/C14H22N2O2S/c1-3-15-7-13-11(8-17-2)16-14(19-13)10-6-9-4-5-12(10)18-9/h9-10,12,15H,3-8H2,1-2H3. The maximum absolute atomic E-state index is 5.95. The Morgan fingerprint density at radius 2 is 2.37 bits per heavy atom. The zero-order valence-electron chi connectivity index (χ0n) is 11.6. The van der Waals surface area contributed by atoms with E-state index in [9.17, 15) is 0 Å². The second kappa shape index (κ2) is 5.87. The molecule has 2 aliphatic heterocycles. The van der Waals surface area contributed by atoms with Gasteiger partial charge in [0.05, 0.1) is 29.5 Å². The summed E-state index contributed by atoms with van der Waals surface area (Å²) in [5.41, 5.74) is 1.10. The zero-order chi connectivity index (χ0) is 13.2. The highest BCUT2D eigenvalue weighted by atomic mass is 32.1. The van der Waals surface area contributed by atoms with Crippen molar-refractivity contribution in [3.8, 4) is 0 Å². The predicted octanol–water partition coefficient (Wildman–Crippen LogP) is 2.43. The third kappa shape index (κ3) is 2.70. The number of rotatable bonds is 6. The number of ether oxygens (including phenoxy) is 2. The number of nitrogens with zero attached hydrogens (tertiary/aromatic N) is 1. The third-order valence-electron chi connectivity index (χ3n) is 4.03. The van der Waals surface area contributed by atoms with Gasteiger partial charge in [-0.25, -0.2) is 4.98 Å². The quantitative estimate of drug-likeness (QED) is 0.870. The van der Waals surface area contributed by atoms with Crippen LogP contribution in [0, 0.1) is 0 Å². The molecule has 1 N–H and O–H groups in total. The van der Waals surface area contributed by atoms with E-state index in [2.05, 4.69) is 12.2 Å². The van der Waals surface area contributed by atoms with Gasteiger partial charge in [-0.3, -0.25) is 0 Å². The molecule has 2 saturated heterocycles. The summed E-state index contributed by atoms with van der Waals surface area (Å²) < 4.78 is 11.2. The fourth-order valence-electron chi connectivity index (χ4n) is 3.09. The number of nitrogens with one attached hydrogen (secondary N) is 1. The molecule has 3 heterocycles. The van der Waals surface area contributed by atoms with Gasteiger partial charge < -0.3 is 14.8 Å². The molecule has 3 unspecified atom stereocenters. The Morgan fingerprint density at radius 1 is 1.47 bits per heavy atom. The molecule has 2 bridgehead atoms. The van der Waals surface area contributed by atoms with E-state index in [0.29, 0.717) is 24.7 Å². The van der Waals surface area contributed by atoms with Crippen molar-refractivity contribution in [3.63, 3.8) is 0 Å². The van der Waals surface area contributed by atoms with Crippen LogP contribution in [0.25, 0.3) is 0 Å². The average molecular weight is 282 g/mol. The van der Waals surface area contributed by atoms with Crippen molar-refractivity contribution in [2.24, 2.45) is 0 Å². The first kappa shape index (κ1) is 13.5. The van der Waals surface area contributed by atoms with Crippen molar-refractivity contribution >= 4 is 11.3 Å². The molecular weight excluding hydrogens is 260 g/mol. The van der Waals surface area contributed by atoms with Crippen molar-refractivity contribution in [1.29, 1.82) is 0 Å². The molecule has 0 spiro atoms. The van der Waals surface area contributed by atoms with Gasteiger partial charge in [0, 0.05) is 24.4 Å². The minimum Gasteiger partial charge on any atom is -0.378 e. The van der Waals surface area contributed by atoms with Crippen LogP contribution in [0.5, 0.6) is 0 Å². The first-order chi connectivity index (χ1) is 9.31. The van der Waals surface area contributed by atoms with E-state index < -0.39 is 0 Å². The molecule has 106 valence electrons. The van der Waals surface area contributed by atoms with E-state index in [1.54, 1.807) is 7.11 Å². The number of aromatic nitrogens is 1. The van der Waals surface area contributed by atoms with Crippen LogP contribution < -0.4 is 5.32 Å².